The number of nitrogens with one attached hydrogen (secondary N) is 3. The molecule has 12 heteroatoms. The fourth-order valence-electron chi connectivity index (χ4n) is 8.19. The summed E-state index contributed by atoms with van der Waals surface area (Å²) < 4.78 is 27.9. The molecule has 300 valence electrons. The third kappa shape index (κ3) is 6.93. The Morgan fingerprint density at radius 2 is 0.900 bits per heavy atom. The van der Waals surface area contributed by atoms with Gasteiger partial charge in [-0.3, -0.25) is 0 Å². The minimum Gasteiger partial charge on any atom is -0.496 e. The van der Waals surface area contributed by atoms with E-state index in [1.807, 2.05) is 60.7 Å². The van der Waals surface area contributed by atoms with Crippen LogP contribution in [0.1, 0.15) is 50.9 Å². The van der Waals surface area contributed by atoms with Crippen LogP contribution in [0.3, 0.4) is 0 Å². The van der Waals surface area contributed by atoms with Gasteiger partial charge in [-0.15, -0.1) is 0 Å². The third-order valence-corrected chi connectivity index (χ3v) is 13.5. The monoisotopic (exact) mass is 1050 g/mol. The summed E-state index contributed by atoms with van der Waals surface area (Å²) in [6.45, 7) is 0. The molecule has 0 spiro atoms. The Hall–Kier alpha value is -5.27. The van der Waals surface area contributed by atoms with Gasteiger partial charge in [-0.25, -0.2) is 4.99 Å². The summed E-state index contributed by atoms with van der Waals surface area (Å²) in [5.41, 5.74) is 11.2. The zero-order valence-corrected chi connectivity index (χ0v) is 39.1. The molecule has 5 heterocycles. The lowest BCUT2D eigenvalue weighted by Crippen LogP contribution is -2.20. The zero-order valence-electron chi connectivity index (χ0n) is 32.7. The van der Waals surface area contributed by atoms with E-state index in [-0.39, 0.29) is 5.92 Å². The Bertz CT molecular complexity index is 2980. The predicted octanol–water partition coefficient (Wildman–Crippen LogP) is 11.2. The molecule has 9 rings (SSSR count). The first kappa shape index (κ1) is 40.2. The fourth-order valence-corrected chi connectivity index (χ4v) is 11.0. The van der Waals surface area contributed by atoms with Gasteiger partial charge >= 0.3 is 0 Å². The maximum atomic E-state index is 6.04. The quantitative estimate of drug-likeness (QED) is 0.141. The summed E-state index contributed by atoms with van der Waals surface area (Å²) in [5.74, 6) is 2.35. The van der Waals surface area contributed by atoms with Gasteiger partial charge in [0.1, 0.15) is 23.0 Å². The summed E-state index contributed by atoms with van der Waals surface area (Å²) in [7, 11) is 6.71. The summed E-state index contributed by atoms with van der Waals surface area (Å²) in [5, 5.41) is 1.69. The van der Waals surface area contributed by atoms with E-state index in [9.17, 15) is 0 Å². The van der Waals surface area contributed by atoms with E-state index in [1.165, 1.54) is 0 Å². The molecular weight excluding hydrogens is 1020 g/mol. The van der Waals surface area contributed by atoms with E-state index < -0.39 is 0 Å². The molecule has 2 aliphatic rings. The zero-order chi connectivity index (χ0) is 41.7. The number of hydrogen-bond donors (Lipinski definition) is 3. The van der Waals surface area contributed by atoms with Gasteiger partial charge in [0.05, 0.1) is 56.9 Å². The van der Waals surface area contributed by atoms with Gasteiger partial charge in [-0.2, -0.15) is 0 Å². The number of H-pyrrole nitrogens is 3. The van der Waals surface area contributed by atoms with Crippen molar-refractivity contribution in [1.29, 1.82) is 0 Å². The van der Waals surface area contributed by atoms with Crippen molar-refractivity contribution in [2.75, 3.05) is 28.4 Å². The number of halogens is 4. The minimum atomic E-state index is -0.290. The van der Waals surface area contributed by atoms with E-state index in [4.69, 9.17) is 23.9 Å². The van der Waals surface area contributed by atoms with Crippen molar-refractivity contribution in [1.82, 2.24) is 15.0 Å². The highest BCUT2D eigenvalue weighted by molar-refractivity contribution is 9.11. The van der Waals surface area contributed by atoms with Gasteiger partial charge in [0.2, 0.25) is 0 Å². The van der Waals surface area contributed by atoms with Crippen LogP contribution < -0.4 is 29.6 Å². The normalized spacial score (nSPS) is 14.7. The van der Waals surface area contributed by atoms with Gasteiger partial charge < -0.3 is 33.9 Å². The molecular formula is C48H36Br4N4O4. The molecule has 3 N–H and O–H groups in total. The van der Waals surface area contributed by atoms with Crippen molar-refractivity contribution in [2.45, 2.75) is 5.92 Å². The van der Waals surface area contributed by atoms with Gasteiger partial charge in [0.25, 0.3) is 0 Å². The van der Waals surface area contributed by atoms with Crippen LogP contribution in [0.25, 0.3) is 16.7 Å². The molecule has 0 radical (unpaired) electrons. The van der Waals surface area contributed by atoms with Gasteiger partial charge in [0.15, 0.2) is 0 Å². The number of nitrogens with zero attached hydrogens (tertiary/aromatic N) is 1. The fraction of sp³-hybridized carbons (Fsp3) is 0.104. The van der Waals surface area contributed by atoms with Crippen LogP contribution in [-0.4, -0.2) is 49.1 Å². The highest BCUT2D eigenvalue weighted by Gasteiger charge is 2.30. The molecule has 2 aliphatic heterocycles. The van der Waals surface area contributed by atoms with E-state index in [0.29, 0.717) is 23.0 Å². The number of benzene rings is 4. The predicted molar refractivity (Wildman–Crippen MR) is 252 cm³/mol. The number of fused-ring (bicyclic) bond motifs is 7. The molecule has 0 fully saturated rings. The van der Waals surface area contributed by atoms with E-state index in [0.717, 1.165) is 102 Å². The Morgan fingerprint density at radius 1 is 0.450 bits per heavy atom. The Kier molecular flexibility index (Phi) is 11.1. The number of aromatic amines is 3. The molecule has 1 unspecified atom stereocenters. The molecule has 0 amide bonds. The third-order valence-electron chi connectivity index (χ3n) is 10.8. The van der Waals surface area contributed by atoms with E-state index >= 15 is 0 Å². The van der Waals surface area contributed by atoms with Crippen LogP contribution in [-0.2, 0) is 0 Å². The van der Waals surface area contributed by atoms with Crippen molar-refractivity contribution in [3.05, 3.63) is 201 Å². The lowest BCUT2D eigenvalue weighted by atomic mass is 9.93. The van der Waals surface area contributed by atoms with E-state index in [2.05, 4.69) is 139 Å². The molecule has 8 bridgehead atoms. The second-order valence-corrected chi connectivity index (χ2v) is 17.4. The van der Waals surface area contributed by atoms with Crippen molar-refractivity contribution in [3.63, 3.8) is 0 Å². The number of ether oxygens (including phenoxy) is 4. The first-order valence-corrected chi connectivity index (χ1v) is 22.1. The highest BCUT2D eigenvalue weighted by Crippen LogP contribution is 2.46. The summed E-state index contributed by atoms with van der Waals surface area (Å²) >= 11 is 15.6. The first-order chi connectivity index (χ1) is 29.2. The molecule has 3 aromatic heterocycles. The van der Waals surface area contributed by atoms with Crippen LogP contribution in [0.5, 0.6) is 23.0 Å². The standard InChI is InChI=1S/C48H36Br4N4O4/c1-57-37-13-7-14-38(58-2)47(37)45-33-21-17-29(53-33)43(41-25(49)9-5-10-26(41)50)31-19-23-35(55-31)46(48-39(59-3)15-8-16-40(48)60-4)36-24-20-32(56-36)44(30-18-22-34(45)54-30)42-27(51)11-6-12-28(42)52/h5-24,43,53-55H,1-4H3. The lowest BCUT2D eigenvalue weighted by Gasteiger charge is -2.20. The maximum Gasteiger partial charge on any atom is 0.130 e. The maximum absolute atomic E-state index is 6.04. The molecule has 0 saturated carbocycles. The largest absolute Gasteiger partial charge is 0.496 e. The molecule has 7 aromatic rings. The molecule has 0 saturated heterocycles. The topological polar surface area (TPSA) is 96.7 Å². The van der Waals surface area contributed by atoms with Crippen molar-refractivity contribution in [3.8, 4) is 23.0 Å². The lowest BCUT2D eigenvalue weighted by molar-refractivity contribution is 0.392. The Morgan fingerprint density at radius 3 is 1.42 bits per heavy atom. The average Bonchev–Trinajstić information content (AvgIpc) is 4.10. The highest BCUT2D eigenvalue weighted by atomic mass is 79.9. The summed E-state index contributed by atoms with van der Waals surface area (Å²) in [6.07, 6.45) is 4.12. The molecule has 1 atom stereocenters. The molecule has 60 heavy (non-hydrogen) atoms. The van der Waals surface area contributed by atoms with Crippen LogP contribution in [0.2, 0.25) is 0 Å². The number of aromatic nitrogens is 3. The number of rotatable bonds is 8. The Labute approximate surface area is 380 Å². The minimum absolute atomic E-state index is 0.290. The van der Waals surface area contributed by atoms with Gasteiger partial charge in [-0.1, -0.05) is 88.0 Å². The number of allylic oxidation sites excluding steroid dienone is 2. The van der Waals surface area contributed by atoms with Crippen LogP contribution >= 0.6 is 63.7 Å². The van der Waals surface area contributed by atoms with Crippen molar-refractivity contribution in [2.24, 2.45) is 4.99 Å². The van der Waals surface area contributed by atoms with E-state index in [1.54, 1.807) is 28.4 Å². The Balaban J connectivity index is 1.47. The average molecular weight is 1050 g/mol. The van der Waals surface area contributed by atoms with Gasteiger partial charge in [0, 0.05) is 73.6 Å². The van der Waals surface area contributed by atoms with Gasteiger partial charge in [-0.05, 0) is 103 Å². The van der Waals surface area contributed by atoms with Crippen LogP contribution in [0.15, 0.2) is 150 Å². The second kappa shape index (κ2) is 16.6. The number of aliphatic imine (C=N–C) groups is 1. The number of hydrogen-bond acceptors (Lipinski definition) is 5. The number of methoxy groups -OCH3 is 4. The van der Waals surface area contributed by atoms with Crippen molar-refractivity contribution < 1.29 is 18.9 Å². The van der Waals surface area contributed by atoms with Crippen LogP contribution in [0, 0.1) is 0 Å². The summed E-state index contributed by atoms with van der Waals surface area (Å²) in [6, 6.07) is 36.6. The smallest absolute Gasteiger partial charge is 0.130 e. The van der Waals surface area contributed by atoms with Crippen LogP contribution in [0.4, 0.5) is 0 Å². The molecule has 4 aromatic carbocycles. The molecule has 0 aliphatic carbocycles. The SMILES string of the molecule is COc1cccc(OC)c1C1=C2C=CC(=N2)C(c2c(Br)cccc2Br)=c2ccc([nH]2)=C(c2c(OC)cccc2OC)c2ccc([nH]2)C(c2c(Br)cccc2Br)c2ccc1[nH]2. The van der Waals surface area contributed by atoms with Crippen molar-refractivity contribution >= 4 is 86.2 Å². The molecule has 8 nitrogen and oxygen atoms in total. The first-order valence-electron chi connectivity index (χ1n) is 18.9. The summed E-state index contributed by atoms with van der Waals surface area (Å²) in [4.78, 5) is 17.0. The second-order valence-electron chi connectivity index (χ2n) is 14.0.